The summed E-state index contributed by atoms with van der Waals surface area (Å²) in [5.41, 5.74) is 0. The van der Waals surface area contributed by atoms with Crippen LogP contribution in [0.3, 0.4) is 0 Å². The van der Waals surface area contributed by atoms with E-state index in [2.05, 4.69) is 0 Å². The van der Waals surface area contributed by atoms with Crippen LogP contribution in [0.25, 0.3) is 0 Å². The summed E-state index contributed by atoms with van der Waals surface area (Å²) in [7, 11) is 5.34. The Hall–Kier alpha value is -0.450. The number of likely N-dealkylation sites (N-methyl/N-ethyl adjacent to an activating group) is 1. The zero-order chi connectivity index (χ0) is 9.61. The minimum absolute atomic E-state index is 0.320. The van der Waals surface area contributed by atoms with Gasteiger partial charge in [-0.25, -0.2) is 0 Å². The van der Waals surface area contributed by atoms with E-state index in [9.17, 15) is 9.90 Å². The molecule has 72 valence electrons. The molecule has 0 aliphatic rings. The van der Waals surface area contributed by atoms with Crippen molar-refractivity contribution >= 4 is 6.29 Å². The number of rotatable bonds is 6. The van der Waals surface area contributed by atoms with Gasteiger partial charge in [-0.15, -0.1) is 0 Å². The molecular weight excluding hydrogens is 158 g/mol. The minimum Gasteiger partial charge on any atom is -0.385 e. The Kier molecular flexibility index (Phi) is 5.04. The lowest BCUT2D eigenvalue weighted by atomic mass is 10.3. The topological polar surface area (TPSA) is 46.5 Å². The van der Waals surface area contributed by atoms with Gasteiger partial charge in [0.2, 0.25) is 0 Å². The average Bonchev–Trinajstić information content (AvgIpc) is 1.85. The molecule has 0 amide bonds. The van der Waals surface area contributed by atoms with Gasteiger partial charge in [0.05, 0.1) is 20.7 Å². The molecule has 0 aromatic carbocycles. The van der Waals surface area contributed by atoms with Crippen LogP contribution in [-0.4, -0.2) is 62.9 Å². The van der Waals surface area contributed by atoms with Gasteiger partial charge in [-0.1, -0.05) is 0 Å². The third-order valence-electron chi connectivity index (χ3n) is 1.63. The van der Waals surface area contributed by atoms with Crippen LogP contribution in [0.2, 0.25) is 0 Å². The Balaban J connectivity index is 3.78. The van der Waals surface area contributed by atoms with Crippen LogP contribution in [0.1, 0.15) is 0 Å². The number of quaternary nitrogens is 1. The number of carbonyl (C=O) groups excluding carboxylic acids is 1. The first-order valence-corrected chi connectivity index (χ1v) is 3.94. The van der Waals surface area contributed by atoms with Gasteiger partial charge < -0.3 is 14.3 Å². The van der Waals surface area contributed by atoms with Gasteiger partial charge in [0.15, 0.2) is 6.29 Å². The van der Waals surface area contributed by atoms with E-state index in [1.54, 1.807) is 7.11 Å². The molecule has 0 aliphatic heterocycles. The third kappa shape index (κ3) is 5.23. The first-order valence-electron chi connectivity index (χ1n) is 3.94. The smallest absolute Gasteiger partial charge is 0.174 e. The van der Waals surface area contributed by atoms with Gasteiger partial charge in [0.25, 0.3) is 0 Å². The standard InChI is InChI=1S/C8H18NO3/c1-9(2,4-5-10)6-8(11)7-12-3/h5,8,11H,4,6-7H2,1-3H3/q+1. The molecule has 0 saturated heterocycles. The van der Waals surface area contributed by atoms with Crippen LogP contribution in [0.4, 0.5) is 0 Å². The fourth-order valence-electron chi connectivity index (χ4n) is 1.09. The molecule has 1 unspecified atom stereocenters. The zero-order valence-corrected chi connectivity index (χ0v) is 7.99. The second-order valence-corrected chi connectivity index (χ2v) is 3.58. The number of aldehydes is 1. The lowest BCUT2D eigenvalue weighted by Gasteiger charge is -2.29. The SMILES string of the molecule is COCC(O)C[N+](C)(C)CC=O. The van der Waals surface area contributed by atoms with Crippen LogP contribution < -0.4 is 0 Å². The van der Waals surface area contributed by atoms with E-state index in [1.807, 2.05) is 14.1 Å². The van der Waals surface area contributed by atoms with Crippen molar-refractivity contribution in [2.45, 2.75) is 6.10 Å². The summed E-state index contributed by atoms with van der Waals surface area (Å²) >= 11 is 0. The molecule has 4 nitrogen and oxygen atoms in total. The predicted octanol–water partition coefficient (Wildman–Crippen LogP) is -0.731. The number of ether oxygens (including phenoxy) is 1. The normalized spacial score (nSPS) is 14.3. The van der Waals surface area contributed by atoms with Crippen molar-refractivity contribution in [2.75, 3.05) is 40.9 Å². The van der Waals surface area contributed by atoms with Gasteiger partial charge >= 0.3 is 0 Å². The number of hydrogen-bond donors (Lipinski definition) is 1. The number of aliphatic hydroxyl groups is 1. The van der Waals surface area contributed by atoms with E-state index in [-0.39, 0.29) is 0 Å². The van der Waals surface area contributed by atoms with Gasteiger partial charge in [-0.05, 0) is 0 Å². The second-order valence-electron chi connectivity index (χ2n) is 3.58. The molecule has 0 rings (SSSR count). The van der Waals surface area contributed by atoms with Crippen molar-refractivity contribution in [1.29, 1.82) is 0 Å². The Morgan fingerprint density at radius 1 is 1.58 bits per heavy atom. The van der Waals surface area contributed by atoms with Crippen LogP contribution in [-0.2, 0) is 9.53 Å². The first-order chi connectivity index (χ1) is 5.52. The number of methoxy groups -OCH3 is 1. The summed E-state index contributed by atoms with van der Waals surface area (Å²) in [6, 6.07) is 0. The molecule has 0 radical (unpaired) electrons. The Morgan fingerprint density at radius 3 is 2.58 bits per heavy atom. The Morgan fingerprint density at radius 2 is 2.17 bits per heavy atom. The number of carbonyl (C=O) groups is 1. The highest BCUT2D eigenvalue weighted by atomic mass is 16.5. The van der Waals surface area contributed by atoms with Crippen LogP contribution in [0, 0.1) is 0 Å². The van der Waals surface area contributed by atoms with Crippen LogP contribution >= 0.6 is 0 Å². The monoisotopic (exact) mass is 176 g/mol. The third-order valence-corrected chi connectivity index (χ3v) is 1.63. The highest BCUT2D eigenvalue weighted by Crippen LogP contribution is 1.98. The lowest BCUT2D eigenvalue weighted by Crippen LogP contribution is -2.47. The van der Waals surface area contributed by atoms with Gasteiger partial charge in [0, 0.05) is 7.11 Å². The van der Waals surface area contributed by atoms with Gasteiger partial charge in [0.1, 0.15) is 19.2 Å². The molecular formula is C8H18NO3+. The maximum absolute atomic E-state index is 10.2. The fraction of sp³-hybridized carbons (Fsp3) is 0.875. The lowest BCUT2D eigenvalue weighted by molar-refractivity contribution is -0.884. The van der Waals surface area contributed by atoms with E-state index < -0.39 is 6.10 Å². The van der Waals surface area contributed by atoms with E-state index in [1.165, 1.54) is 0 Å². The summed E-state index contributed by atoms with van der Waals surface area (Å²) in [6.07, 6.45) is 0.365. The molecule has 0 spiro atoms. The average molecular weight is 176 g/mol. The summed E-state index contributed by atoms with van der Waals surface area (Å²) < 4.78 is 5.27. The van der Waals surface area contributed by atoms with E-state index in [0.29, 0.717) is 24.2 Å². The number of hydrogen-bond acceptors (Lipinski definition) is 3. The first kappa shape index (κ1) is 11.6. The van der Waals surface area contributed by atoms with Crippen LogP contribution in [0.5, 0.6) is 0 Å². The van der Waals surface area contributed by atoms with Crippen molar-refractivity contribution in [2.24, 2.45) is 0 Å². The molecule has 0 heterocycles. The van der Waals surface area contributed by atoms with Crippen molar-refractivity contribution in [3.05, 3.63) is 0 Å². The number of nitrogens with zero attached hydrogens (tertiary/aromatic N) is 1. The fourth-order valence-corrected chi connectivity index (χ4v) is 1.09. The summed E-state index contributed by atoms with van der Waals surface area (Å²) in [5, 5.41) is 9.35. The molecule has 1 N–H and O–H groups in total. The molecule has 12 heavy (non-hydrogen) atoms. The van der Waals surface area contributed by atoms with Gasteiger partial charge in [-0.2, -0.15) is 0 Å². The predicted molar refractivity (Wildman–Crippen MR) is 45.8 cm³/mol. The molecule has 0 bridgehead atoms. The van der Waals surface area contributed by atoms with Crippen molar-refractivity contribution in [1.82, 2.24) is 0 Å². The van der Waals surface area contributed by atoms with E-state index in [4.69, 9.17) is 4.74 Å². The van der Waals surface area contributed by atoms with Gasteiger partial charge in [-0.3, -0.25) is 4.79 Å². The van der Waals surface area contributed by atoms with Crippen molar-refractivity contribution < 1.29 is 19.1 Å². The summed E-state index contributed by atoms with van der Waals surface area (Å²) in [5.74, 6) is 0. The molecule has 0 saturated carbocycles. The maximum atomic E-state index is 10.2. The molecule has 4 heteroatoms. The molecule has 1 atom stereocenters. The summed E-state index contributed by atoms with van der Waals surface area (Å²) in [4.78, 5) is 10.2. The highest BCUT2D eigenvalue weighted by Gasteiger charge is 2.19. The maximum Gasteiger partial charge on any atom is 0.174 e. The van der Waals surface area contributed by atoms with Crippen molar-refractivity contribution in [3.8, 4) is 0 Å². The molecule has 0 aromatic rings. The van der Waals surface area contributed by atoms with Crippen molar-refractivity contribution in [3.63, 3.8) is 0 Å². The minimum atomic E-state index is -0.495. The second kappa shape index (κ2) is 5.24. The Bertz CT molecular complexity index is 136. The van der Waals surface area contributed by atoms with E-state index in [0.717, 1.165) is 6.29 Å². The molecule has 0 aliphatic carbocycles. The molecule has 0 fully saturated rings. The highest BCUT2D eigenvalue weighted by molar-refractivity contribution is 5.50. The van der Waals surface area contributed by atoms with E-state index >= 15 is 0 Å². The Labute approximate surface area is 73.3 Å². The summed E-state index contributed by atoms with van der Waals surface area (Å²) in [6.45, 7) is 1.27. The largest absolute Gasteiger partial charge is 0.385 e. The quantitative estimate of drug-likeness (QED) is 0.428. The number of aliphatic hydroxyl groups excluding tert-OH is 1. The van der Waals surface area contributed by atoms with Crippen LogP contribution in [0.15, 0.2) is 0 Å². The molecule has 0 aromatic heterocycles. The zero-order valence-electron chi connectivity index (χ0n) is 7.99.